The zero-order chi connectivity index (χ0) is 13.5. The highest BCUT2D eigenvalue weighted by molar-refractivity contribution is 5.10. The summed E-state index contributed by atoms with van der Waals surface area (Å²) in [4.78, 5) is 6.58. The summed E-state index contributed by atoms with van der Waals surface area (Å²) >= 11 is 0. The lowest BCUT2D eigenvalue weighted by Crippen LogP contribution is -2.55. The molecule has 1 aromatic heterocycles. The van der Waals surface area contributed by atoms with Gasteiger partial charge in [0.25, 0.3) is 0 Å². The predicted octanol–water partition coefficient (Wildman–Crippen LogP) is 1.67. The van der Waals surface area contributed by atoms with Gasteiger partial charge in [-0.1, -0.05) is 13.8 Å². The Balaban J connectivity index is 2.02. The summed E-state index contributed by atoms with van der Waals surface area (Å²) in [6, 6.07) is 5.19. The summed E-state index contributed by atoms with van der Waals surface area (Å²) in [5.74, 6) is 0. The van der Waals surface area contributed by atoms with Crippen LogP contribution in [0.15, 0.2) is 24.5 Å². The average molecular weight is 263 g/mol. The molecule has 0 aromatic carbocycles. The van der Waals surface area contributed by atoms with Crippen LogP contribution >= 0.6 is 0 Å². The lowest BCUT2D eigenvalue weighted by Gasteiger charge is -2.39. The van der Waals surface area contributed by atoms with E-state index in [-0.39, 0.29) is 0 Å². The van der Waals surface area contributed by atoms with Crippen LogP contribution < -0.4 is 5.32 Å². The van der Waals surface area contributed by atoms with Gasteiger partial charge >= 0.3 is 0 Å². The van der Waals surface area contributed by atoms with Gasteiger partial charge in [0.2, 0.25) is 0 Å². The molecule has 0 bridgehead atoms. The predicted molar refractivity (Wildman–Crippen MR) is 77.0 cm³/mol. The topological polar surface area (TPSA) is 37.4 Å². The molecule has 1 aliphatic rings. The van der Waals surface area contributed by atoms with E-state index in [0.29, 0.717) is 12.1 Å². The lowest BCUT2D eigenvalue weighted by molar-refractivity contribution is -0.00414. The standard InChI is InChI=1S/C15H25N3O/c1-3-17-14-7-10-19-12-15(14)18(4-2)11-13-5-8-16-9-6-13/h5-6,8-9,14-15,17H,3-4,7,10-12H2,1-2H3. The third-order valence-corrected chi connectivity index (χ3v) is 3.80. The molecule has 1 saturated heterocycles. The van der Waals surface area contributed by atoms with Gasteiger partial charge in [0.05, 0.1) is 6.61 Å². The molecule has 1 N–H and O–H groups in total. The van der Waals surface area contributed by atoms with Crippen molar-refractivity contribution in [3.8, 4) is 0 Å². The Morgan fingerprint density at radius 1 is 1.37 bits per heavy atom. The Labute approximate surface area is 116 Å². The van der Waals surface area contributed by atoms with Crippen LogP contribution in [0.25, 0.3) is 0 Å². The van der Waals surface area contributed by atoms with Gasteiger partial charge in [-0.05, 0) is 37.2 Å². The Morgan fingerprint density at radius 3 is 2.84 bits per heavy atom. The first-order valence-electron chi connectivity index (χ1n) is 7.29. The van der Waals surface area contributed by atoms with Crippen molar-refractivity contribution in [2.75, 3.05) is 26.3 Å². The Morgan fingerprint density at radius 2 is 2.16 bits per heavy atom. The second-order valence-electron chi connectivity index (χ2n) is 5.01. The van der Waals surface area contributed by atoms with Gasteiger partial charge in [0, 0.05) is 37.6 Å². The fraction of sp³-hybridized carbons (Fsp3) is 0.667. The Kier molecular flexibility index (Phi) is 5.76. The van der Waals surface area contributed by atoms with E-state index < -0.39 is 0 Å². The van der Waals surface area contributed by atoms with E-state index >= 15 is 0 Å². The molecule has 2 atom stereocenters. The van der Waals surface area contributed by atoms with Crippen molar-refractivity contribution in [1.82, 2.24) is 15.2 Å². The van der Waals surface area contributed by atoms with Gasteiger partial charge in [-0.15, -0.1) is 0 Å². The van der Waals surface area contributed by atoms with Gasteiger partial charge < -0.3 is 10.1 Å². The zero-order valence-electron chi connectivity index (χ0n) is 12.0. The van der Waals surface area contributed by atoms with E-state index in [1.54, 1.807) is 0 Å². The number of ether oxygens (including phenoxy) is 1. The summed E-state index contributed by atoms with van der Waals surface area (Å²) in [5.41, 5.74) is 1.32. The van der Waals surface area contributed by atoms with Gasteiger partial charge in [0.1, 0.15) is 0 Å². The number of rotatable bonds is 6. The van der Waals surface area contributed by atoms with E-state index in [4.69, 9.17) is 4.74 Å². The normalized spacial score (nSPS) is 23.7. The minimum Gasteiger partial charge on any atom is -0.380 e. The number of hydrogen-bond acceptors (Lipinski definition) is 4. The highest BCUT2D eigenvalue weighted by atomic mass is 16.5. The van der Waals surface area contributed by atoms with Crippen molar-refractivity contribution in [2.45, 2.75) is 38.9 Å². The van der Waals surface area contributed by atoms with Crippen LogP contribution in [0.3, 0.4) is 0 Å². The maximum absolute atomic E-state index is 5.69. The van der Waals surface area contributed by atoms with Crippen LogP contribution in [0.2, 0.25) is 0 Å². The molecule has 2 rings (SSSR count). The molecule has 0 amide bonds. The van der Waals surface area contributed by atoms with Crippen LogP contribution in [-0.2, 0) is 11.3 Å². The first-order valence-corrected chi connectivity index (χ1v) is 7.29. The highest BCUT2D eigenvalue weighted by Crippen LogP contribution is 2.17. The fourth-order valence-corrected chi connectivity index (χ4v) is 2.77. The van der Waals surface area contributed by atoms with Gasteiger partial charge in [-0.2, -0.15) is 0 Å². The number of nitrogens with zero attached hydrogens (tertiary/aromatic N) is 2. The molecule has 1 fully saturated rings. The van der Waals surface area contributed by atoms with Crippen molar-refractivity contribution >= 4 is 0 Å². The molecule has 1 aromatic rings. The number of hydrogen-bond donors (Lipinski definition) is 1. The van der Waals surface area contributed by atoms with Gasteiger partial charge in [-0.3, -0.25) is 9.88 Å². The molecule has 4 heteroatoms. The summed E-state index contributed by atoms with van der Waals surface area (Å²) in [6.45, 7) is 9.13. The van der Waals surface area contributed by atoms with Crippen LogP contribution in [0.5, 0.6) is 0 Å². The van der Waals surface area contributed by atoms with E-state index in [1.165, 1.54) is 5.56 Å². The van der Waals surface area contributed by atoms with Crippen molar-refractivity contribution in [3.63, 3.8) is 0 Å². The molecule has 1 aliphatic heterocycles. The molecule has 19 heavy (non-hydrogen) atoms. The molecule has 2 unspecified atom stereocenters. The minimum atomic E-state index is 0.465. The van der Waals surface area contributed by atoms with Crippen molar-refractivity contribution in [2.24, 2.45) is 0 Å². The molecule has 4 nitrogen and oxygen atoms in total. The van der Waals surface area contributed by atoms with Crippen molar-refractivity contribution in [1.29, 1.82) is 0 Å². The monoisotopic (exact) mass is 263 g/mol. The second-order valence-corrected chi connectivity index (χ2v) is 5.01. The SMILES string of the molecule is CCNC1CCOCC1N(CC)Cc1ccncc1. The van der Waals surface area contributed by atoms with Gasteiger partial charge in [-0.25, -0.2) is 0 Å². The molecule has 0 spiro atoms. The Bertz CT molecular complexity index is 356. The zero-order valence-corrected chi connectivity index (χ0v) is 12.0. The molecule has 0 radical (unpaired) electrons. The molecule has 106 valence electrons. The largest absolute Gasteiger partial charge is 0.380 e. The third kappa shape index (κ3) is 4.00. The Hall–Kier alpha value is -0.970. The number of likely N-dealkylation sites (N-methyl/N-ethyl adjacent to an activating group) is 2. The van der Waals surface area contributed by atoms with Crippen molar-refractivity contribution in [3.05, 3.63) is 30.1 Å². The number of aromatic nitrogens is 1. The molecule has 2 heterocycles. The van der Waals surface area contributed by atoms with Crippen LogP contribution in [0.1, 0.15) is 25.8 Å². The molecule has 0 saturated carbocycles. The average Bonchev–Trinajstić information content (AvgIpc) is 2.47. The summed E-state index contributed by atoms with van der Waals surface area (Å²) in [5, 5.41) is 3.60. The van der Waals surface area contributed by atoms with Crippen LogP contribution in [0.4, 0.5) is 0 Å². The van der Waals surface area contributed by atoms with E-state index in [2.05, 4.69) is 41.2 Å². The smallest absolute Gasteiger partial charge is 0.0637 e. The molecular formula is C15H25N3O. The van der Waals surface area contributed by atoms with Crippen LogP contribution in [0, 0.1) is 0 Å². The maximum atomic E-state index is 5.69. The van der Waals surface area contributed by atoms with E-state index in [1.807, 2.05) is 12.4 Å². The number of pyridine rings is 1. The maximum Gasteiger partial charge on any atom is 0.0637 e. The number of nitrogens with one attached hydrogen (secondary N) is 1. The van der Waals surface area contributed by atoms with E-state index in [0.717, 1.165) is 39.3 Å². The lowest BCUT2D eigenvalue weighted by atomic mass is 10.0. The van der Waals surface area contributed by atoms with Crippen molar-refractivity contribution < 1.29 is 4.74 Å². The summed E-state index contributed by atoms with van der Waals surface area (Å²) in [7, 11) is 0. The minimum absolute atomic E-state index is 0.465. The summed E-state index contributed by atoms with van der Waals surface area (Å²) < 4.78 is 5.69. The van der Waals surface area contributed by atoms with Crippen LogP contribution in [-0.4, -0.2) is 48.3 Å². The first-order chi connectivity index (χ1) is 9.35. The third-order valence-electron chi connectivity index (χ3n) is 3.80. The second kappa shape index (κ2) is 7.58. The first kappa shape index (κ1) is 14.4. The highest BCUT2D eigenvalue weighted by Gasteiger charge is 2.29. The molecular weight excluding hydrogens is 238 g/mol. The molecule has 0 aliphatic carbocycles. The van der Waals surface area contributed by atoms with Gasteiger partial charge in [0.15, 0.2) is 0 Å². The summed E-state index contributed by atoms with van der Waals surface area (Å²) in [6.07, 6.45) is 4.83. The van der Waals surface area contributed by atoms with E-state index in [9.17, 15) is 0 Å². The fourth-order valence-electron chi connectivity index (χ4n) is 2.77. The quantitative estimate of drug-likeness (QED) is 0.847.